The van der Waals surface area contributed by atoms with Crippen LogP contribution in [0.25, 0.3) is 0 Å². The molecule has 2 N–H and O–H groups in total. The fourth-order valence-electron chi connectivity index (χ4n) is 4.17. The summed E-state index contributed by atoms with van der Waals surface area (Å²) in [6.45, 7) is 12.0. The van der Waals surface area contributed by atoms with Crippen molar-refractivity contribution in [3.63, 3.8) is 0 Å². The molecule has 1 aliphatic rings. The first-order valence-electron chi connectivity index (χ1n) is 12.7. The Bertz CT molecular complexity index is 799. The van der Waals surface area contributed by atoms with Crippen LogP contribution < -0.4 is 10.6 Å². The van der Waals surface area contributed by atoms with Gasteiger partial charge in [-0.1, -0.05) is 13.8 Å². The van der Waals surface area contributed by atoms with E-state index in [0.717, 1.165) is 0 Å². The summed E-state index contributed by atoms with van der Waals surface area (Å²) in [6.07, 6.45) is 3.61. The monoisotopic (exact) mass is 510 g/mol. The lowest BCUT2D eigenvalue weighted by molar-refractivity contribution is -0.129. The van der Waals surface area contributed by atoms with Crippen molar-refractivity contribution in [2.24, 2.45) is 5.92 Å². The van der Waals surface area contributed by atoms with Crippen molar-refractivity contribution in [3.8, 4) is 0 Å². The van der Waals surface area contributed by atoms with Crippen LogP contribution in [0.1, 0.15) is 60.8 Å². The van der Waals surface area contributed by atoms with Crippen molar-refractivity contribution < 1.29 is 28.7 Å². The third-order valence-corrected chi connectivity index (χ3v) is 6.44. The first-order chi connectivity index (χ1) is 16.7. The molecule has 0 spiro atoms. The van der Waals surface area contributed by atoms with Gasteiger partial charge in [0.15, 0.2) is 11.6 Å². The third kappa shape index (κ3) is 9.89. The number of ketones is 2. The van der Waals surface area contributed by atoms with E-state index in [9.17, 15) is 19.2 Å². The van der Waals surface area contributed by atoms with Gasteiger partial charge in [-0.2, -0.15) is 0 Å². The summed E-state index contributed by atoms with van der Waals surface area (Å²) in [5, 5.41) is 6.58. The lowest BCUT2D eigenvalue weighted by Gasteiger charge is -2.36. The smallest absolute Gasteiger partial charge is 0.409 e. The summed E-state index contributed by atoms with van der Waals surface area (Å²) < 4.78 is 10.4. The van der Waals surface area contributed by atoms with E-state index in [1.807, 2.05) is 41.5 Å². The molecule has 10 heteroatoms. The Kier molecular flexibility index (Phi) is 12.6. The zero-order valence-corrected chi connectivity index (χ0v) is 23.3. The number of ether oxygens (including phenoxy) is 2. The van der Waals surface area contributed by atoms with Crippen LogP contribution in [-0.4, -0.2) is 97.6 Å². The van der Waals surface area contributed by atoms with Gasteiger partial charge in [0.25, 0.3) is 0 Å². The van der Waals surface area contributed by atoms with Gasteiger partial charge in [0.1, 0.15) is 13.2 Å². The average Bonchev–Trinajstić information content (AvgIpc) is 2.80. The maximum atomic E-state index is 13.5. The summed E-state index contributed by atoms with van der Waals surface area (Å²) in [5.74, 6) is -0.315. The van der Waals surface area contributed by atoms with E-state index in [-0.39, 0.29) is 43.3 Å². The minimum Gasteiger partial charge on any atom is -0.445 e. The highest BCUT2D eigenvalue weighted by Gasteiger charge is 2.38. The molecule has 0 aromatic rings. The SMILES string of the molecule is CC(C)N[C@]1(C)CCN(C)C(=O)OC/C=C/COC(=O)N(C)CCC[C@](C)(C(=O)C(C)C)NCC1=O. The number of cyclic esters (lactones) is 2. The largest absolute Gasteiger partial charge is 0.445 e. The molecule has 0 radical (unpaired) electrons. The fraction of sp³-hybridized carbons (Fsp3) is 0.769. The number of Topliss-reactive ketones (excluding diaryl/α,β-unsaturated/α-hetero) is 2. The molecule has 0 fully saturated rings. The van der Waals surface area contributed by atoms with Crippen molar-refractivity contribution in [2.45, 2.75) is 77.9 Å². The van der Waals surface area contributed by atoms with Gasteiger partial charge < -0.3 is 24.6 Å². The van der Waals surface area contributed by atoms with Crippen LogP contribution in [0.15, 0.2) is 12.2 Å². The number of hydrogen-bond acceptors (Lipinski definition) is 8. The molecule has 10 nitrogen and oxygen atoms in total. The van der Waals surface area contributed by atoms with Gasteiger partial charge in [-0.15, -0.1) is 0 Å². The average molecular weight is 511 g/mol. The van der Waals surface area contributed by atoms with Gasteiger partial charge in [0.2, 0.25) is 0 Å². The summed E-state index contributed by atoms with van der Waals surface area (Å²) in [6, 6.07) is 0.0332. The van der Waals surface area contributed by atoms with Crippen LogP contribution in [0.2, 0.25) is 0 Å². The van der Waals surface area contributed by atoms with Crippen LogP contribution in [0.4, 0.5) is 9.59 Å². The van der Waals surface area contributed by atoms with E-state index in [4.69, 9.17) is 9.47 Å². The van der Waals surface area contributed by atoms with Gasteiger partial charge >= 0.3 is 12.2 Å². The van der Waals surface area contributed by atoms with Gasteiger partial charge in [0.05, 0.1) is 17.6 Å². The summed E-state index contributed by atoms with van der Waals surface area (Å²) in [5.41, 5.74) is -1.85. The van der Waals surface area contributed by atoms with Crippen LogP contribution >= 0.6 is 0 Å². The first-order valence-corrected chi connectivity index (χ1v) is 12.7. The van der Waals surface area contributed by atoms with Gasteiger partial charge in [-0.05, 0) is 59.1 Å². The molecule has 1 rings (SSSR count). The number of amides is 2. The highest BCUT2D eigenvalue weighted by Crippen LogP contribution is 2.21. The van der Waals surface area contributed by atoms with Crippen molar-refractivity contribution in [3.05, 3.63) is 12.2 Å². The van der Waals surface area contributed by atoms with Crippen molar-refractivity contribution >= 4 is 23.8 Å². The second-order valence-electron chi connectivity index (χ2n) is 10.6. The van der Waals surface area contributed by atoms with Gasteiger partial charge in [-0.3, -0.25) is 14.9 Å². The molecule has 36 heavy (non-hydrogen) atoms. The van der Waals surface area contributed by atoms with Crippen LogP contribution in [-0.2, 0) is 19.1 Å². The predicted octanol–water partition coefficient (Wildman–Crippen LogP) is 2.76. The highest BCUT2D eigenvalue weighted by molar-refractivity contribution is 5.93. The van der Waals surface area contributed by atoms with E-state index in [0.29, 0.717) is 32.4 Å². The molecule has 2 atom stereocenters. The Morgan fingerprint density at radius 2 is 1.47 bits per heavy atom. The number of rotatable bonds is 4. The minimum absolute atomic E-state index is 0.00816. The summed E-state index contributed by atoms with van der Waals surface area (Å²) in [7, 11) is 3.25. The Balaban J connectivity index is 3.18. The Hall–Kier alpha value is -2.46. The lowest BCUT2D eigenvalue weighted by atomic mass is 9.83. The standard InChI is InChI=1S/C26H46N4O6/c1-19(2)22(32)26(6)12-11-14-29(7)23(33)35-16-9-10-17-36-24(34)30(8)15-13-25(5,28-20(3)4)21(31)18-27-26/h9-10,19-20,27-28H,11-18H2,1-8H3/b10-9+/t25-,26-/m1/s1. The number of nitrogens with one attached hydrogen (secondary N) is 2. The van der Waals surface area contributed by atoms with E-state index in [2.05, 4.69) is 10.6 Å². The maximum absolute atomic E-state index is 13.5. The Morgan fingerprint density at radius 3 is 1.97 bits per heavy atom. The molecule has 0 aromatic heterocycles. The second kappa shape index (κ2) is 14.3. The first kappa shape index (κ1) is 31.6. The number of hydrogen-bond donors (Lipinski definition) is 2. The van der Waals surface area contributed by atoms with Crippen LogP contribution in [0, 0.1) is 5.92 Å². The summed E-state index contributed by atoms with van der Waals surface area (Å²) >= 11 is 0. The Morgan fingerprint density at radius 1 is 0.944 bits per heavy atom. The number of nitrogens with zero attached hydrogens (tertiary/aromatic N) is 2. The van der Waals surface area contributed by atoms with Crippen molar-refractivity contribution in [1.82, 2.24) is 20.4 Å². The minimum atomic E-state index is -0.933. The van der Waals surface area contributed by atoms with Crippen LogP contribution in [0.5, 0.6) is 0 Å². The molecule has 0 saturated heterocycles. The number of carbonyl (C=O) groups excluding carboxylic acids is 4. The van der Waals surface area contributed by atoms with E-state index in [1.54, 1.807) is 26.2 Å². The highest BCUT2D eigenvalue weighted by atomic mass is 16.6. The zero-order chi connectivity index (χ0) is 27.5. The third-order valence-electron chi connectivity index (χ3n) is 6.44. The molecule has 1 aliphatic heterocycles. The molecule has 0 bridgehead atoms. The quantitative estimate of drug-likeness (QED) is 0.555. The molecule has 1 heterocycles. The number of carbonyl (C=O) groups is 4. The molecule has 0 aliphatic carbocycles. The molecule has 0 saturated carbocycles. The predicted molar refractivity (Wildman–Crippen MR) is 139 cm³/mol. The molecule has 206 valence electrons. The normalized spacial score (nSPS) is 27.6. The second-order valence-corrected chi connectivity index (χ2v) is 10.6. The molecule has 0 aromatic carbocycles. The molecule has 0 unspecified atom stereocenters. The lowest BCUT2D eigenvalue weighted by Crippen LogP contribution is -2.60. The van der Waals surface area contributed by atoms with Crippen LogP contribution in [0.3, 0.4) is 0 Å². The van der Waals surface area contributed by atoms with Gasteiger partial charge in [0, 0.05) is 39.1 Å². The molecular weight excluding hydrogens is 464 g/mol. The fourth-order valence-corrected chi connectivity index (χ4v) is 4.17. The van der Waals surface area contributed by atoms with E-state index in [1.165, 1.54) is 9.80 Å². The van der Waals surface area contributed by atoms with E-state index >= 15 is 0 Å². The Labute approximate surface area is 216 Å². The van der Waals surface area contributed by atoms with Gasteiger partial charge in [-0.25, -0.2) is 9.59 Å². The van der Waals surface area contributed by atoms with Crippen molar-refractivity contribution in [1.29, 1.82) is 0 Å². The van der Waals surface area contributed by atoms with E-state index < -0.39 is 23.3 Å². The maximum Gasteiger partial charge on any atom is 0.409 e. The topological polar surface area (TPSA) is 117 Å². The zero-order valence-electron chi connectivity index (χ0n) is 23.3. The molecular formula is C26H46N4O6. The molecule has 2 amide bonds. The summed E-state index contributed by atoms with van der Waals surface area (Å²) in [4.78, 5) is 54.0. The van der Waals surface area contributed by atoms with Crippen molar-refractivity contribution in [2.75, 3.05) is 46.9 Å².